The molecule has 0 bridgehead atoms. The monoisotopic (exact) mass is 496 g/mol. The predicted molar refractivity (Wildman–Crippen MR) is 130 cm³/mol. The molecule has 4 rings (SSSR count). The highest BCUT2D eigenvalue weighted by atomic mass is 32.1. The van der Waals surface area contributed by atoms with Crippen molar-refractivity contribution in [3.63, 3.8) is 0 Å². The minimum absolute atomic E-state index is 0.193. The molecule has 0 saturated heterocycles. The highest BCUT2D eigenvalue weighted by Gasteiger charge is 2.21. The summed E-state index contributed by atoms with van der Waals surface area (Å²) in [7, 11) is 0. The summed E-state index contributed by atoms with van der Waals surface area (Å²) in [4.78, 5) is 46.9. The van der Waals surface area contributed by atoms with Crippen LogP contribution in [0.1, 0.15) is 48.0 Å². The summed E-state index contributed by atoms with van der Waals surface area (Å²) in [6.07, 6.45) is 0. The van der Waals surface area contributed by atoms with Gasteiger partial charge in [0.15, 0.2) is 12.4 Å². The summed E-state index contributed by atoms with van der Waals surface area (Å²) in [6, 6.07) is 9.87. The van der Waals surface area contributed by atoms with Gasteiger partial charge in [-0.15, -0.1) is 22.7 Å². The Morgan fingerprint density at radius 2 is 1.82 bits per heavy atom. The molecular formula is C23H20N4O5S2. The largest absolute Gasteiger partial charge is 0.462 e. The molecule has 0 aliphatic heterocycles. The van der Waals surface area contributed by atoms with Crippen molar-refractivity contribution in [2.75, 3.05) is 17.7 Å². The van der Waals surface area contributed by atoms with Crippen LogP contribution in [0.2, 0.25) is 0 Å². The number of aromatic nitrogens is 2. The summed E-state index contributed by atoms with van der Waals surface area (Å²) in [5, 5.41) is 5.18. The number of nitrogen functional groups attached to an aromatic ring is 1. The summed E-state index contributed by atoms with van der Waals surface area (Å²) >= 11 is 2.50. The van der Waals surface area contributed by atoms with Crippen molar-refractivity contribution in [1.82, 2.24) is 9.97 Å². The maximum Gasteiger partial charge on any atom is 0.348 e. The molecule has 0 radical (unpaired) electrons. The lowest BCUT2D eigenvalue weighted by Gasteiger charge is -2.07. The molecule has 174 valence electrons. The molecule has 3 aromatic heterocycles. The summed E-state index contributed by atoms with van der Waals surface area (Å²) in [5.74, 6) is -0.815. The molecule has 0 unspecified atom stereocenters. The molecule has 0 aliphatic rings. The fourth-order valence-corrected chi connectivity index (χ4v) is 4.90. The normalized spacial score (nSPS) is 10.8. The second kappa shape index (κ2) is 9.98. The molecule has 0 spiro atoms. The Balaban J connectivity index is 1.42. The molecule has 1 aromatic carbocycles. The average Bonchev–Trinajstić information content (AvgIpc) is 3.47. The van der Waals surface area contributed by atoms with Crippen LogP contribution < -0.4 is 11.1 Å². The van der Waals surface area contributed by atoms with E-state index >= 15 is 0 Å². The van der Waals surface area contributed by atoms with Crippen molar-refractivity contribution in [3.05, 3.63) is 68.5 Å². The van der Waals surface area contributed by atoms with Gasteiger partial charge in [0.1, 0.15) is 15.5 Å². The first-order chi connectivity index (χ1) is 16.4. The first-order valence-corrected chi connectivity index (χ1v) is 11.9. The number of aryl methyl sites for hydroxylation is 1. The van der Waals surface area contributed by atoms with E-state index in [9.17, 15) is 14.4 Å². The number of carbonyl (C=O) groups excluding carboxylic acids is 3. The number of nitrogens with two attached hydrogens (primary N) is 1. The van der Waals surface area contributed by atoms with Crippen LogP contribution >= 0.6 is 22.7 Å². The van der Waals surface area contributed by atoms with Gasteiger partial charge in [-0.3, -0.25) is 4.79 Å². The minimum Gasteiger partial charge on any atom is -0.462 e. The van der Waals surface area contributed by atoms with Crippen LogP contribution in [0.5, 0.6) is 0 Å². The predicted octanol–water partition coefficient (Wildman–Crippen LogP) is 4.43. The molecule has 11 heteroatoms. The second-order valence-corrected chi connectivity index (χ2v) is 9.01. The number of esters is 2. The molecule has 4 aromatic rings. The van der Waals surface area contributed by atoms with Crippen molar-refractivity contribution in [1.29, 1.82) is 0 Å². The zero-order chi connectivity index (χ0) is 24.2. The number of benzene rings is 1. The zero-order valence-electron chi connectivity index (χ0n) is 18.3. The van der Waals surface area contributed by atoms with Gasteiger partial charge in [0, 0.05) is 5.69 Å². The Hall–Kier alpha value is -3.83. The van der Waals surface area contributed by atoms with E-state index < -0.39 is 11.9 Å². The van der Waals surface area contributed by atoms with Gasteiger partial charge < -0.3 is 20.5 Å². The Bertz CT molecular complexity index is 1360. The van der Waals surface area contributed by atoms with Gasteiger partial charge in [-0.05, 0) is 55.1 Å². The highest BCUT2D eigenvalue weighted by molar-refractivity contribution is 7.20. The van der Waals surface area contributed by atoms with Gasteiger partial charge in [-0.25, -0.2) is 19.6 Å². The fraction of sp³-hybridized carbons (Fsp3) is 0.174. The quantitative estimate of drug-likeness (QED) is 0.359. The van der Waals surface area contributed by atoms with Gasteiger partial charge in [-0.1, -0.05) is 6.07 Å². The van der Waals surface area contributed by atoms with Crippen LogP contribution in [0.4, 0.5) is 11.5 Å². The molecule has 0 saturated carbocycles. The van der Waals surface area contributed by atoms with Gasteiger partial charge in [-0.2, -0.15) is 0 Å². The molecule has 0 aliphatic carbocycles. The smallest absolute Gasteiger partial charge is 0.348 e. The minimum atomic E-state index is -0.576. The number of nitrogens with zero attached hydrogens (tertiary/aromatic N) is 2. The molecule has 0 fully saturated rings. The molecule has 3 heterocycles. The van der Waals surface area contributed by atoms with Gasteiger partial charge in [0.05, 0.1) is 22.4 Å². The number of amides is 1. The number of thiophene rings is 2. The van der Waals surface area contributed by atoms with E-state index in [-0.39, 0.29) is 30.8 Å². The topological polar surface area (TPSA) is 134 Å². The number of fused-ring (bicyclic) bond motifs is 1. The van der Waals surface area contributed by atoms with E-state index in [1.807, 2.05) is 5.38 Å². The maximum atomic E-state index is 12.5. The molecule has 34 heavy (non-hydrogen) atoms. The Kier molecular flexibility index (Phi) is 6.85. The van der Waals surface area contributed by atoms with Crippen LogP contribution in [0.25, 0.3) is 10.2 Å². The first-order valence-electron chi connectivity index (χ1n) is 10.2. The van der Waals surface area contributed by atoms with Crippen molar-refractivity contribution in [3.8, 4) is 0 Å². The van der Waals surface area contributed by atoms with Gasteiger partial charge >= 0.3 is 11.9 Å². The lowest BCUT2D eigenvalue weighted by Crippen LogP contribution is -2.11. The lowest BCUT2D eigenvalue weighted by molar-refractivity contribution is 0.0461. The molecule has 1 amide bonds. The van der Waals surface area contributed by atoms with E-state index in [0.29, 0.717) is 36.8 Å². The third kappa shape index (κ3) is 4.90. The van der Waals surface area contributed by atoms with Crippen molar-refractivity contribution < 1.29 is 23.9 Å². The van der Waals surface area contributed by atoms with E-state index in [1.54, 1.807) is 50.2 Å². The van der Waals surface area contributed by atoms with E-state index in [4.69, 9.17) is 15.2 Å². The fourth-order valence-electron chi connectivity index (χ4n) is 3.18. The number of anilines is 2. The molecule has 3 N–H and O–H groups in total. The Morgan fingerprint density at radius 3 is 2.50 bits per heavy atom. The Labute approximate surface area is 202 Å². The van der Waals surface area contributed by atoms with Gasteiger partial charge in [0.25, 0.3) is 5.91 Å². The van der Waals surface area contributed by atoms with Crippen molar-refractivity contribution in [2.24, 2.45) is 0 Å². The van der Waals surface area contributed by atoms with Crippen LogP contribution in [0.15, 0.2) is 41.8 Å². The SMILES string of the molecule is CCOC(=O)c1sc2nc(COC(=O)c3ccc(NC(=O)c4cccs4)cc3)nc(N)c2c1C. The number of carbonyl (C=O) groups is 3. The van der Waals surface area contributed by atoms with Gasteiger partial charge in [0.2, 0.25) is 0 Å². The van der Waals surface area contributed by atoms with E-state index in [0.717, 1.165) is 11.3 Å². The summed E-state index contributed by atoms with van der Waals surface area (Å²) < 4.78 is 10.4. The van der Waals surface area contributed by atoms with E-state index in [2.05, 4.69) is 15.3 Å². The third-order valence-corrected chi connectivity index (χ3v) is 6.82. The molecular weight excluding hydrogens is 476 g/mol. The van der Waals surface area contributed by atoms with Crippen molar-refractivity contribution >= 4 is 62.2 Å². The summed E-state index contributed by atoms with van der Waals surface area (Å²) in [6.45, 7) is 3.56. The summed E-state index contributed by atoms with van der Waals surface area (Å²) in [5.41, 5.74) is 7.60. The molecule has 9 nitrogen and oxygen atoms in total. The number of rotatable bonds is 7. The Morgan fingerprint density at radius 1 is 1.06 bits per heavy atom. The molecule has 0 atom stereocenters. The van der Waals surface area contributed by atoms with Crippen LogP contribution in [0.3, 0.4) is 0 Å². The number of ether oxygens (including phenoxy) is 2. The zero-order valence-corrected chi connectivity index (χ0v) is 19.9. The average molecular weight is 497 g/mol. The lowest BCUT2D eigenvalue weighted by atomic mass is 10.2. The van der Waals surface area contributed by atoms with E-state index in [1.165, 1.54) is 11.3 Å². The van der Waals surface area contributed by atoms with Crippen LogP contribution in [-0.4, -0.2) is 34.4 Å². The van der Waals surface area contributed by atoms with Crippen LogP contribution in [0, 0.1) is 6.92 Å². The first kappa shape index (κ1) is 23.3. The van der Waals surface area contributed by atoms with Crippen molar-refractivity contribution in [2.45, 2.75) is 20.5 Å². The highest BCUT2D eigenvalue weighted by Crippen LogP contribution is 2.33. The second-order valence-electron chi connectivity index (χ2n) is 7.07. The maximum absolute atomic E-state index is 12.5. The third-order valence-electron chi connectivity index (χ3n) is 4.78. The number of nitrogens with one attached hydrogen (secondary N) is 1. The standard InChI is InChI=1S/C23H20N4O5S2/c1-3-31-23(30)18-12(2)17-19(24)26-16(27-21(17)34-18)11-32-22(29)13-6-8-14(9-7-13)25-20(28)15-5-4-10-33-15/h4-10H,3,11H2,1-2H3,(H,25,28)(H2,24,26,27). The number of hydrogen-bond donors (Lipinski definition) is 2. The number of hydrogen-bond acceptors (Lipinski definition) is 10. The van der Waals surface area contributed by atoms with Crippen LogP contribution in [-0.2, 0) is 16.1 Å².